The summed E-state index contributed by atoms with van der Waals surface area (Å²) in [7, 11) is 0. The monoisotopic (exact) mass is 470 g/mol. The van der Waals surface area contributed by atoms with Gasteiger partial charge in [-0.15, -0.1) is 0 Å². The van der Waals surface area contributed by atoms with Crippen LogP contribution >= 0.6 is 0 Å². The van der Waals surface area contributed by atoms with Gasteiger partial charge in [-0.3, -0.25) is 4.99 Å². The van der Waals surface area contributed by atoms with Crippen molar-refractivity contribution < 1.29 is 0 Å². The normalized spacial score (nSPS) is 11.9. The second kappa shape index (κ2) is 13.3. The minimum absolute atomic E-state index is 0.478. The molecule has 188 valence electrons. The topological polar surface area (TPSA) is 38.4 Å². The summed E-state index contributed by atoms with van der Waals surface area (Å²) in [4.78, 5) is 5.11. The first kappa shape index (κ1) is 28.4. The van der Waals surface area contributed by atoms with Crippen LogP contribution in [0.25, 0.3) is 0 Å². The number of rotatable bonds is 7. The van der Waals surface area contributed by atoms with Gasteiger partial charge in [0.1, 0.15) is 0 Å². The molecule has 2 nitrogen and oxygen atoms in total. The van der Waals surface area contributed by atoms with E-state index in [0.29, 0.717) is 23.7 Å². The first-order valence-corrected chi connectivity index (χ1v) is 13.2. The average molecular weight is 471 g/mol. The van der Waals surface area contributed by atoms with Crippen LogP contribution in [0.4, 0.5) is 11.4 Å². The lowest BCUT2D eigenvalue weighted by Crippen LogP contribution is -2.02. The summed E-state index contributed by atoms with van der Waals surface area (Å²) in [5, 5.41) is 0. The van der Waals surface area contributed by atoms with Crippen LogP contribution in [-0.4, -0.2) is 5.71 Å². The van der Waals surface area contributed by atoms with Gasteiger partial charge < -0.3 is 5.73 Å². The lowest BCUT2D eigenvalue weighted by molar-refractivity contribution is 0.834. The minimum Gasteiger partial charge on any atom is -0.398 e. The zero-order valence-corrected chi connectivity index (χ0v) is 23.4. The summed E-state index contributed by atoms with van der Waals surface area (Å²) in [6.45, 7) is 19.9. The van der Waals surface area contributed by atoms with Gasteiger partial charge in [-0.25, -0.2) is 0 Å². The number of nitrogen functional groups attached to an aromatic ring is 1. The Kier molecular flexibility index (Phi) is 10.8. The predicted molar refractivity (Wildman–Crippen MR) is 157 cm³/mol. The third-order valence-corrected chi connectivity index (χ3v) is 6.45. The summed E-state index contributed by atoms with van der Waals surface area (Å²) < 4.78 is 0. The smallest absolute Gasteiger partial charge is 0.0702 e. The van der Waals surface area contributed by atoms with Crippen LogP contribution in [0.2, 0.25) is 0 Å². The molecule has 0 heterocycles. The van der Waals surface area contributed by atoms with Gasteiger partial charge in [0, 0.05) is 11.4 Å². The number of hydrogen-bond acceptors (Lipinski definition) is 2. The highest BCUT2D eigenvalue weighted by atomic mass is 14.8. The Hall–Kier alpha value is -2.87. The van der Waals surface area contributed by atoms with Crippen LogP contribution in [0.5, 0.6) is 0 Å². The van der Waals surface area contributed by atoms with Crippen LogP contribution in [0.15, 0.2) is 71.7 Å². The van der Waals surface area contributed by atoms with Gasteiger partial charge >= 0.3 is 0 Å². The molecule has 3 aromatic rings. The number of para-hydroxylation sites is 2. The molecule has 2 N–H and O–H groups in total. The second-order valence-corrected chi connectivity index (χ2v) is 10.5. The number of aliphatic imine (C=N–C) groups is 1. The first-order chi connectivity index (χ1) is 16.6. The van der Waals surface area contributed by atoms with E-state index in [0.717, 1.165) is 17.8 Å². The van der Waals surface area contributed by atoms with Crippen molar-refractivity contribution in [1.82, 2.24) is 0 Å². The molecule has 0 bridgehead atoms. The van der Waals surface area contributed by atoms with Crippen LogP contribution < -0.4 is 5.73 Å². The Balaban J connectivity index is 0.000000283. The molecular weight excluding hydrogens is 424 g/mol. The van der Waals surface area contributed by atoms with Gasteiger partial charge in [-0.05, 0) is 57.9 Å². The fourth-order valence-electron chi connectivity index (χ4n) is 4.36. The fourth-order valence-corrected chi connectivity index (χ4v) is 4.36. The summed E-state index contributed by atoms with van der Waals surface area (Å²) >= 11 is 0. The van der Waals surface area contributed by atoms with Crippen LogP contribution in [0, 0.1) is 0 Å². The SMILES string of the molecule is CC(C)c1cccc(C(C)C)c1N.CCC(=Nc1c(C(C)C)cccc1C(C)C)c1ccccc1. The van der Waals surface area contributed by atoms with E-state index in [1.165, 1.54) is 33.5 Å². The van der Waals surface area contributed by atoms with E-state index in [1.807, 2.05) is 0 Å². The zero-order chi connectivity index (χ0) is 26.1. The van der Waals surface area contributed by atoms with E-state index in [2.05, 4.69) is 129 Å². The molecule has 3 rings (SSSR count). The van der Waals surface area contributed by atoms with Gasteiger partial charge in [0.25, 0.3) is 0 Å². The van der Waals surface area contributed by atoms with Crippen molar-refractivity contribution in [1.29, 1.82) is 0 Å². The molecule has 0 aliphatic heterocycles. The molecule has 35 heavy (non-hydrogen) atoms. The molecule has 0 spiro atoms. The Bertz CT molecular complexity index is 1040. The van der Waals surface area contributed by atoms with Crippen molar-refractivity contribution in [2.45, 2.75) is 92.4 Å². The summed E-state index contributed by atoms with van der Waals surface area (Å²) in [6, 6.07) is 23.4. The van der Waals surface area contributed by atoms with E-state index in [1.54, 1.807) is 0 Å². The Morgan fingerprint density at radius 1 is 0.600 bits per heavy atom. The standard InChI is InChI=1S/C21H27N.C12H19N/c1-6-20(17-11-8-7-9-12-17)22-21-18(15(2)3)13-10-14-19(21)16(4)5;1-8(2)10-6-5-7-11(9(3)4)12(10)13/h7-16H,6H2,1-5H3;5-9H,13H2,1-4H3. The molecular formula is C33H46N2. The second-order valence-electron chi connectivity index (χ2n) is 10.5. The number of anilines is 1. The molecule has 0 amide bonds. The number of hydrogen-bond donors (Lipinski definition) is 1. The van der Waals surface area contributed by atoms with Crippen molar-refractivity contribution >= 4 is 17.1 Å². The van der Waals surface area contributed by atoms with Crippen molar-refractivity contribution in [3.63, 3.8) is 0 Å². The molecule has 0 aliphatic rings. The van der Waals surface area contributed by atoms with Crippen molar-refractivity contribution in [2.75, 3.05) is 5.73 Å². The first-order valence-electron chi connectivity index (χ1n) is 13.2. The molecule has 0 radical (unpaired) electrons. The summed E-state index contributed by atoms with van der Waals surface area (Å²) in [5.74, 6) is 1.98. The number of nitrogens with zero attached hydrogens (tertiary/aromatic N) is 1. The number of nitrogens with two attached hydrogens (primary N) is 1. The van der Waals surface area contributed by atoms with Gasteiger partial charge in [0.05, 0.1) is 5.69 Å². The molecule has 0 aliphatic carbocycles. The lowest BCUT2D eigenvalue weighted by atomic mass is 9.92. The average Bonchev–Trinajstić information content (AvgIpc) is 2.82. The highest BCUT2D eigenvalue weighted by molar-refractivity contribution is 6.02. The van der Waals surface area contributed by atoms with E-state index in [9.17, 15) is 0 Å². The molecule has 0 fully saturated rings. The number of benzene rings is 3. The largest absolute Gasteiger partial charge is 0.398 e. The van der Waals surface area contributed by atoms with Gasteiger partial charge in [0.15, 0.2) is 0 Å². The quantitative estimate of drug-likeness (QED) is 0.271. The van der Waals surface area contributed by atoms with Gasteiger partial charge in [-0.1, -0.05) is 129 Å². The van der Waals surface area contributed by atoms with E-state index >= 15 is 0 Å². The Morgan fingerprint density at radius 3 is 1.37 bits per heavy atom. The Labute approximate surface area is 214 Å². The third-order valence-electron chi connectivity index (χ3n) is 6.45. The molecule has 0 aromatic heterocycles. The summed E-state index contributed by atoms with van der Waals surface area (Å²) in [5.41, 5.74) is 15.8. The van der Waals surface area contributed by atoms with Gasteiger partial charge in [-0.2, -0.15) is 0 Å². The molecule has 0 unspecified atom stereocenters. The maximum atomic E-state index is 6.09. The van der Waals surface area contributed by atoms with Crippen molar-refractivity contribution in [3.05, 3.63) is 94.5 Å². The maximum Gasteiger partial charge on any atom is 0.0702 e. The molecule has 0 saturated carbocycles. The highest BCUT2D eigenvalue weighted by Gasteiger charge is 2.14. The maximum absolute atomic E-state index is 6.09. The molecule has 0 atom stereocenters. The molecule has 3 aromatic carbocycles. The summed E-state index contributed by atoms with van der Waals surface area (Å²) in [6.07, 6.45) is 0.938. The minimum atomic E-state index is 0.478. The van der Waals surface area contributed by atoms with E-state index in [4.69, 9.17) is 10.7 Å². The zero-order valence-electron chi connectivity index (χ0n) is 23.4. The van der Waals surface area contributed by atoms with Crippen LogP contribution in [-0.2, 0) is 0 Å². The van der Waals surface area contributed by atoms with E-state index < -0.39 is 0 Å². The fraction of sp³-hybridized carbons (Fsp3) is 0.424. The van der Waals surface area contributed by atoms with E-state index in [-0.39, 0.29) is 0 Å². The molecule has 2 heteroatoms. The lowest BCUT2D eigenvalue weighted by Gasteiger charge is -2.17. The Morgan fingerprint density at radius 2 is 1.00 bits per heavy atom. The van der Waals surface area contributed by atoms with Crippen LogP contribution in [0.3, 0.4) is 0 Å². The third kappa shape index (κ3) is 7.56. The van der Waals surface area contributed by atoms with Crippen molar-refractivity contribution in [3.8, 4) is 0 Å². The van der Waals surface area contributed by atoms with Crippen LogP contribution in [0.1, 0.15) is 120 Å². The molecule has 0 saturated heterocycles. The van der Waals surface area contributed by atoms with Crippen molar-refractivity contribution in [2.24, 2.45) is 4.99 Å². The van der Waals surface area contributed by atoms with Gasteiger partial charge in [0.2, 0.25) is 0 Å². The highest BCUT2D eigenvalue weighted by Crippen LogP contribution is 2.35. The predicted octanol–water partition coefficient (Wildman–Crippen LogP) is 9.98.